The van der Waals surface area contributed by atoms with Crippen LogP contribution in [-0.2, 0) is 20.8 Å². The number of amides is 1. The van der Waals surface area contributed by atoms with Crippen molar-refractivity contribution in [1.29, 1.82) is 0 Å². The Morgan fingerprint density at radius 3 is 2.67 bits per heavy atom. The van der Waals surface area contributed by atoms with Crippen molar-refractivity contribution in [3.63, 3.8) is 0 Å². The first kappa shape index (κ1) is 20.6. The quantitative estimate of drug-likeness (QED) is 0.415. The molecule has 2 aliphatic rings. The number of nitrogens with zero attached hydrogens (tertiary/aromatic N) is 1. The smallest absolute Gasteiger partial charge is 0.548 e. The number of aliphatic carboxylic acids is 1. The molecule has 0 radical (unpaired) electrons. The molecule has 4 atom stereocenters. The van der Waals surface area contributed by atoms with E-state index in [1.165, 1.54) is 28.0 Å². The number of carboxylic acid groups (broad SMARTS) is 1. The van der Waals surface area contributed by atoms with Gasteiger partial charge in [-0.05, 0) is 25.3 Å². The van der Waals surface area contributed by atoms with E-state index in [4.69, 9.17) is 0 Å². The molecule has 1 aromatic rings. The number of hydrogen-bond donors (Lipinski definition) is 1. The molecule has 2 fully saturated rings. The van der Waals surface area contributed by atoms with E-state index < -0.39 is 45.8 Å². The molecule has 0 saturated carbocycles. The zero-order valence-corrected chi connectivity index (χ0v) is 18.3. The average molecular weight is 394 g/mol. The summed E-state index contributed by atoms with van der Waals surface area (Å²) < 4.78 is -0.718. The molecule has 1 amide bonds. The molecule has 3 heterocycles. The van der Waals surface area contributed by atoms with Crippen molar-refractivity contribution in [3.05, 3.63) is 22.4 Å². The fourth-order valence-corrected chi connectivity index (χ4v) is 5.63. The minimum atomic E-state index is -1.41. The minimum Gasteiger partial charge on any atom is -0.548 e. The van der Waals surface area contributed by atoms with Crippen molar-refractivity contribution >= 4 is 40.8 Å². The molecule has 6 nitrogen and oxygen atoms in total. The van der Waals surface area contributed by atoms with Gasteiger partial charge in [0.2, 0.25) is 5.91 Å². The van der Waals surface area contributed by atoms with E-state index in [1.807, 2.05) is 11.4 Å². The van der Waals surface area contributed by atoms with Gasteiger partial charge in [0.15, 0.2) is 5.78 Å². The Bertz CT molecular complexity index is 663. The summed E-state index contributed by atoms with van der Waals surface area (Å²) in [5, 5.41) is 22.9. The molecule has 2 saturated heterocycles. The van der Waals surface area contributed by atoms with Crippen LogP contribution in [0.5, 0.6) is 0 Å². The maximum atomic E-state index is 12.3. The van der Waals surface area contributed by atoms with E-state index in [1.54, 1.807) is 19.9 Å². The van der Waals surface area contributed by atoms with Crippen LogP contribution in [0.4, 0.5) is 0 Å². The number of aliphatic hydroxyl groups excluding tert-OH is 1. The number of carboxylic acids is 1. The largest absolute Gasteiger partial charge is 1.00 e. The minimum absolute atomic E-state index is 0. The van der Waals surface area contributed by atoms with Gasteiger partial charge in [-0.25, -0.2) is 0 Å². The molecular weight excluding hydrogens is 377 g/mol. The van der Waals surface area contributed by atoms with Gasteiger partial charge in [-0.1, -0.05) is 6.07 Å². The zero-order valence-electron chi connectivity index (χ0n) is 13.6. The molecule has 2 aliphatic heterocycles. The molecule has 0 bridgehead atoms. The van der Waals surface area contributed by atoms with E-state index in [9.17, 15) is 24.6 Å². The van der Waals surface area contributed by atoms with Gasteiger partial charge in [0, 0.05) is 16.0 Å². The van der Waals surface area contributed by atoms with Crippen LogP contribution in [0, 0.1) is 5.92 Å². The third-order valence-corrected chi connectivity index (χ3v) is 6.77. The Balaban J connectivity index is 0.00000208. The standard InChI is InChI=1S/C15H17NO5S2.K/c1-15(2)11(14(20)21)16-12(19)9(13(16)23-15)10(18)8(17)6-7-4-3-5-22-7;/h3-5,9-11,13,18H,6H2,1-2H3,(H,20,21);/q;+1/p-1/t9-,10-,11+,13-;/m1./s1. The maximum Gasteiger partial charge on any atom is 1.00 e. The first-order valence-electron chi connectivity index (χ1n) is 7.18. The normalized spacial score (nSPS) is 28.5. The fraction of sp³-hybridized carbons (Fsp3) is 0.533. The Hall–Kier alpha value is 0.256. The molecule has 124 valence electrons. The second-order valence-electron chi connectivity index (χ2n) is 6.27. The number of thiophene rings is 1. The molecular formula is C15H16KNO5S2. The van der Waals surface area contributed by atoms with Gasteiger partial charge in [-0.3, -0.25) is 9.59 Å². The summed E-state index contributed by atoms with van der Waals surface area (Å²) in [6, 6.07) is 2.57. The third-order valence-electron chi connectivity index (χ3n) is 4.30. The first-order valence-corrected chi connectivity index (χ1v) is 8.94. The number of fused-ring (bicyclic) bond motifs is 1. The number of hydrogen-bond acceptors (Lipinski definition) is 7. The molecule has 0 aliphatic carbocycles. The summed E-state index contributed by atoms with van der Waals surface area (Å²) in [6.45, 7) is 3.45. The van der Waals surface area contributed by atoms with Crippen LogP contribution in [0.3, 0.4) is 0 Å². The Morgan fingerprint density at radius 1 is 1.46 bits per heavy atom. The van der Waals surface area contributed by atoms with E-state index in [-0.39, 0.29) is 57.8 Å². The van der Waals surface area contributed by atoms with Crippen molar-refractivity contribution in [2.45, 2.75) is 42.5 Å². The van der Waals surface area contributed by atoms with Crippen LogP contribution in [0.15, 0.2) is 17.5 Å². The number of rotatable bonds is 5. The number of β-lactam (4-membered cyclic amide) rings is 1. The first-order chi connectivity index (χ1) is 10.7. The van der Waals surface area contributed by atoms with E-state index in [2.05, 4.69) is 0 Å². The van der Waals surface area contributed by atoms with Gasteiger partial charge in [0.05, 0.1) is 17.4 Å². The van der Waals surface area contributed by atoms with Crippen molar-refractivity contribution < 1.29 is 76.0 Å². The zero-order chi connectivity index (χ0) is 16.9. The van der Waals surface area contributed by atoms with E-state index in [0.717, 1.165) is 4.88 Å². The molecule has 24 heavy (non-hydrogen) atoms. The number of carbonyl (C=O) groups is 3. The Labute approximate surface area is 190 Å². The molecule has 1 N–H and O–H groups in total. The number of carbonyl (C=O) groups excluding carboxylic acids is 3. The number of ketones is 1. The van der Waals surface area contributed by atoms with Crippen molar-refractivity contribution in [2.24, 2.45) is 5.92 Å². The number of thioether (sulfide) groups is 1. The second kappa shape index (κ2) is 7.48. The SMILES string of the molecule is CC1(C)S[C@@H]2[C@H]([C@H](O)C(=O)Cc3cccs3)C(=O)N2[C@H]1C(=O)[O-].[K+]. The van der Waals surface area contributed by atoms with Crippen LogP contribution in [-0.4, -0.2) is 49.9 Å². The number of Topliss-reactive ketones (excluding diaryl/α,β-unsaturated/α-hetero) is 1. The summed E-state index contributed by atoms with van der Waals surface area (Å²) in [7, 11) is 0. The van der Waals surface area contributed by atoms with E-state index in [0.29, 0.717) is 0 Å². The molecule has 0 unspecified atom stereocenters. The molecule has 0 aromatic carbocycles. The molecule has 1 aromatic heterocycles. The van der Waals surface area contributed by atoms with Gasteiger partial charge >= 0.3 is 51.4 Å². The van der Waals surface area contributed by atoms with Crippen LogP contribution < -0.4 is 56.5 Å². The molecule has 0 spiro atoms. The topological polar surface area (TPSA) is 97.7 Å². The summed E-state index contributed by atoms with van der Waals surface area (Å²) in [5.74, 6) is -3.10. The van der Waals surface area contributed by atoms with Crippen LogP contribution in [0.2, 0.25) is 0 Å². The second-order valence-corrected chi connectivity index (χ2v) is 9.08. The maximum absolute atomic E-state index is 12.3. The van der Waals surface area contributed by atoms with E-state index >= 15 is 0 Å². The third kappa shape index (κ3) is 3.42. The van der Waals surface area contributed by atoms with Gasteiger partial charge in [-0.15, -0.1) is 23.1 Å². The van der Waals surface area contributed by atoms with Gasteiger partial charge in [0.1, 0.15) is 12.0 Å². The molecule has 9 heteroatoms. The summed E-state index contributed by atoms with van der Waals surface area (Å²) in [4.78, 5) is 37.9. The van der Waals surface area contributed by atoms with Crippen molar-refractivity contribution in [3.8, 4) is 0 Å². The fourth-order valence-electron chi connectivity index (χ4n) is 3.20. The Kier molecular flexibility index (Phi) is 6.41. The van der Waals surface area contributed by atoms with Crippen LogP contribution in [0.1, 0.15) is 18.7 Å². The summed E-state index contributed by atoms with van der Waals surface area (Å²) in [6.07, 6.45) is -1.33. The van der Waals surface area contributed by atoms with Crippen molar-refractivity contribution in [1.82, 2.24) is 4.90 Å². The van der Waals surface area contributed by atoms with Gasteiger partial charge in [-0.2, -0.15) is 0 Å². The van der Waals surface area contributed by atoms with Crippen molar-refractivity contribution in [2.75, 3.05) is 0 Å². The average Bonchev–Trinajstić information content (AvgIpc) is 3.03. The Morgan fingerprint density at radius 2 is 2.12 bits per heavy atom. The predicted octanol–water partition coefficient (Wildman–Crippen LogP) is -3.35. The van der Waals surface area contributed by atoms with Crippen LogP contribution in [0.25, 0.3) is 0 Å². The predicted molar refractivity (Wildman–Crippen MR) is 83.6 cm³/mol. The van der Waals surface area contributed by atoms with Gasteiger partial charge in [0.25, 0.3) is 0 Å². The monoisotopic (exact) mass is 393 g/mol. The molecule has 3 rings (SSSR count). The summed E-state index contributed by atoms with van der Waals surface area (Å²) >= 11 is 2.71. The number of aliphatic hydroxyl groups is 1. The van der Waals surface area contributed by atoms with Crippen LogP contribution >= 0.6 is 23.1 Å². The summed E-state index contributed by atoms with van der Waals surface area (Å²) in [5.41, 5.74) is 0. The van der Waals surface area contributed by atoms with Gasteiger partial charge < -0.3 is 19.9 Å².